The summed E-state index contributed by atoms with van der Waals surface area (Å²) in [6.45, 7) is 6.85. The smallest absolute Gasteiger partial charge is 0.418 e. The maximum Gasteiger partial charge on any atom is 0.418 e. The number of hydrogen-bond acceptors (Lipinski definition) is 9. The first-order valence-corrected chi connectivity index (χ1v) is 14.5. The number of pyridine rings is 1. The number of nitro groups is 1. The molecule has 3 heterocycles. The molecule has 45 heavy (non-hydrogen) atoms. The number of anilines is 2. The Morgan fingerprint density at radius 2 is 1.76 bits per heavy atom. The van der Waals surface area contributed by atoms with Gasteiger partial charge in [0.05, 0.1) is 21.7 Å². The Morgan fingerprint density at radius 3 is 2.44 bits per heavy atom. The fourth-order valence-electron chi connectivity index (χ4n) is 5.21. The van der Waals surface area contributed by atoms with Crippen LogP contribution in [0.5, 0.6) is 0 Å². The fourth-order valence-corrected chi connectivity index (χ4v) is 5.21. The van der Waals surface area contributed by atoms with Crippen LogP contribution < -0.4 is 16.0 Å². The minimum atomic E-state index is -0.860. The third-order valence-corrected chi connectivity index (χ3v) is 7.32. The Bertz CT molecular complexity index is 1730. The zero-order valence-corrected chi connectivity index (χ0v) is 25.1. The molecule has 5 rings (SSSR count). The van der Waals surface area contributed by atoms with E-state index in [0.29, 0.717) is 11.2 Å². The Hall–Kier alpha value is -5.30. The second-order valence-electron chi connectivity index (χ2n) is 11.7. The number of rotatable bonds is 7. The molecule has 2 aromatic heterocycles. The van der Waals surface area contributed by atoms with E-state index in [1.54, 1.807) is 75.8 Å². The second-order valence-corrected chi connectivity index (χ2v) is 11.7. The van der Waals surface area contributed by atoms with Crippen LogP contribution in [0.1, 0.15) is 55.6 Å². The number of hydrogen-bond donors (Lipinski definition) is 3. The van der Waals surface area contributed by atoms with Gasteiger partial charge in [-0.15, -0.1) is 0 Å². The van der Waals surface area contributed by atoms with Crippen molar-refractivity contribution in [3.05, 3.63) is 94.4 Å². The van der Waals surface area contributed by atoms with Crippen molar-refractivity contribution in [2.24, 2.45) is 5.92 Å². The molecule has 1 atom stereocenters. The number of carbonyl (C=O) groups excluding carboxylic acids is 3. The standard InChI is InChI=1S/C32H34N6O7/c1-32(2,3)45-31(41)37-17-12-20-4-5-23(18-27(20)37)35-29(39)25-7-6-24(38(42)43)19-26(25)36-30(40)44-28(21-8-13-33-14-9-21)22-10-15-34-16-11-22/h4-9,12-14,17-19,22,28,34H,10-11,15-16H2,1-3H3,(H,35,39)(H,36,40). The fraction of sp³-hybridized carbons (Fsp3) is 0.312. The summed E-state index contributed by atoms with van der Waals surface area (Å²) < 4.78 is 12.7. The average molecular weight is 615 g/mol. The molecule has 1 aliphatic heterocycles. The summed E-state index contributed by atoms with van der Waals surface area (Å²) in [6, 6.07) is 13.9. The topological polar surface area (TPSA) is 167 Å². The quantitative estimate of drug-likeness (QED) is 0.161. The predicted octanol–water partition coefficient (Wildman–Crippen LogP) is 6.27. The Labute approximate surface area is 259 Å². The van der Waals surface area contributed by atoms with Crippen molar-refractivity contribution >= 4 is 46.1 Å². The third-order valence-electron chi connectivity index (χ3n) is 7.32. The molecule has 4 aromatic rings. The van der Waals surface area contributed by atoms with Gasteiger partial charge in [0.1, 0.15) is 11.7 Å². The van der Waals surface area contributed by atoms with E-state index in [2.05, 4.69) is 20.9 Å². The monoisotopic (exact) mass is 614 g/mol. The first kappa shape index (κ1) is 31.1. The van der Waals surface area contributed by atoms with Crippen LogP contribution in [0.4, 0.5) is 26.7 Å². The Balaban J connectivity index is 1.38. The highest BCUT2D eigenvalue weighted by Gasteiger charge is 2.29. The molecule has 234 valence electrons. The van der Waals surface area contributed by atoms with Crippen molar-refractivity contribution < 1.29 is 28.8 Å². The van der Waals surface area contributed by atoms with E-state index >= 15 is 0 Å². The number of carbonyl (C=O) groups is 3. The summed E-state index contributed by atoms with van der Waals surface area (Å²) >= 11 is 0. The molecular formula is C32H34N6O7. The lowest BCUT2D eigenvalue weighted by molar-refractivity contribution is -0.384. The molecule has 1 unspecified atom stereocenters. The number of amides is 2. The first-order valence-electron chi connectivity index (χ1n) is 14.5. The van der Waals surface area contributed by atoms with Crippen LogP contribution in [0.25, 0.3) is 10.9 Å². The van der Waals surface area contributed by atoms with Crippen molar-refractivity contribution in [3.63, 3.8) is 0 Å². The molecule has 13 nitrogen and oxygen atoms in total. The highest BCUT2D eigenvalue weighted by atomic mass is 16.6. The molecule has 0 bridgehead atoms. The molecular weight excluding hydrogens is 580 g/mol. The van der Waals surface area contributed by atoms with Crippen LogP contribution in [0.2, 0.25) is 0 Å². The van der Waals surface area contributed by atoms with Gasteiger partial charge in [-0.2, -0.15) is 0 Å². The van der Waals surface area contributed by atoms with Gasteiger partial charge < -0.3 is 20.1 Å². The largest absolute Gasteiger partial charge is 0.443 e. The minimum Gasteiger partial charge on any atom is -0.443 e. The predicted molar refractivity (Wildman–Crippen MR) is 167 cm³/mol. The number of nitrogens with one attached hydrogen (secondary N) is 3. The normalized spacial score (nSPS) is 14.4. The zero-order chi connectivity index (χ0) is 32.1. The van der Waals surface area contributed by atoms with Crippen molar-refractivity contribution in [3.8, 4) is 0 Å². The summed E-state index contributed by atoms with van der Waals surface area (Å²) in [5.74, 6) is -0.596. The number of aromatic nitrogens is 2. The van der Waals surface area contributed by atoms with Gasteiger partial charge in [-0.25, -0.2) is 9.59 Å². The van der Waals surface area contributed by atoms with Gasteiger partial charge in [-0.1, -0.05) is 6.07 Å². The maximum absolute atomic E-state index is 13.5. The first-order chi connectivity index (χ1) is 21.5. The molecule has 2 amide bonds. The van der Waals surface area contributed by atoms with Gasteiger partial charge in [0.25, 0.3) is 11.6 Å². The number of fused-ring (bicyclic) bond motifs is 1. The lowest BCUT2D eigenvalue weighted by Gasteiger charge is -2.30. The van der Waals surface area contributed by atoms with E-state index in [0.717, 1.165) is 42.9 Å². The van der Waals surface area contributed by atoms with E-state index in [-0.39, 0.29) is 22.9 Å². The van der Waals surface area contributed by atoms with Crippen LogP contribution in [-0.2, 0) is 9.47 Å². The van der Waals surface area contributed by atoms with Crippen LogP contribution in [0, 0.1) is 16.0 Å². The van der Waals surface area contributed by atoms with Gasteiger partial charge in [0.2, 0.25) is 0 Å². The lowest BCUT2D eigenvalue weighted by Crippen LogP contribution is -2.33. The molecule has 0 spiro atoms. The molecule has 0 aliphatic carbocycles. The number of ether oxygens (including phenoxy) is 2. The molecule has 1 saturated heterocycles. The number of nitrogens with zero attached hydrogens (tertiary/aromatic N) is 3. The highest BCUT2D eigenvalue weighted by Crippen LogP contribution is 2.33. The Morgan fingerprint density at radius 1 is 1.02 bits per heavy atom. The van der Waals surface area contributed by atoms with E-state index in [1.165, 1.54) is 16.7 Å². The molecule has 0 radical (unpaired) electrons. The van der Waals surface area contributed by atoms with Crippen LogP contribution >= 0.6 is 0 Å². The molecule has 1 aliphatic rings. The number of nitro benzene ring substituents is 1. The van der Waals surface area contributed by atoms with E-state index < -0.39 is 34.7 Å². The summed E-state index contributed by atoms with van der Waals surface area (Å²) in [5.41, 5.74) is 0.495. The number of non-ortho nitro benzene ring substituents is 1. The maximum atomic E-state index is 13.5. The summed E-state index contributed by atoms with van der Waals surface area (Å²) in [4.78, 5) is 54.5. The van der Waals surface area contributed by atoms with E-state index in [4.69, 9.17) is 9.47 Å². The summed E-state index contributed by atoms with van der Waals surface area (Å²) in [6.07, 6.45) is 4.37. The average Bonchev–Trinajstić information content (AvgIpc) is 3.43. The van der Waals surface area contributed by atoms with Gasteiger partial charge in [0, 0.05) is 47.7 Å². The van der Waals surface area contributed by atoms with Crippen LogP contribution in [0.15, 0.2) is 73.2 Å². The second kappa shape index (κ2) is 13.1. The molecule has 13 heteroatoms. The summed E-state index contributed by atoms with van der Waals surface area (Å²) in [5, 5.41) is 20.9. The van der Waals surface area contributed by atoms with Crippen molar-refractivity contribution in [2.45, 2.75) is 45.3 Å². The van der Waals surface area contributed by atoms with Crippen molar-refractivity contribution in [1.82, 2.24) is 14.9 Å². The van der Waals surface area contributed by atoms with E-state index in [9.17, 15) is 24.5 Å². The lowest BCUT2D eigenvalue weighted by atomic mass is 9.88. The molecule has 0 saturated carbocycles. The Kier molecular flexibility index (Phi) is 9.09. The molecule has 3 N–H and O–H groups in total. The minimum absolute atomic E-state index is 0.0255. The third kappa shape index (κ3) is 7.62. The van der Waals surface area contributed by atoms with Crippen molar-refractivity contribution in [2.75, 3.05) is 23.7 Å². The van der Waals surface area contributed by atoms with Crippen LogP contribution in [0.3, 0.4) is 0 Å². The van der Waals surface area contributed by atoms with Crippen molar-refractivity contribution in [1.29, 1.82) is 0 Å². The highest BCUT2D eigenvalue weighted by molar-refractivity contribution is 6.10. The van der Waals surface area contributed by atoms with Gasteiger partial charge in [-0.3, -0.25) is 29.8 Å². The van der Waals surface area contributed by atoms with Gasteiger partial charge in [0.15, 0.2) is 0 Å². The molecule has 1 fully saturated rings. The number of benzene rings is 2. The molecule has 2 aromatic carbocycles. The van der Waals surface area contributed by atoms with Gasteiger partial charge in [-0.05, 0) is 88.7 Å². The van der Waals surface area contributed by atoms with Crippen LogP contribution in [-0.4, -0.2) is 51.3 Å². The van der Waals surface area contributed by atoms with Gasteiger partial charge >= 0.3 is 12.2 Å². The zero-order valence-electron chi connectivity index (χ0n) is 25.1. The summed E-state index contributed by atoms with van der Waals surface area (Å²) in [7, 11) is 0. The number of piperidine rings is 1. The van der Waals surface area contributed by atoms with E-state index in [1.807, 2.05) is 0 Å². The SMILES string of the molecule is CC(C)(C)OC(=O)n1ccc2ccc(NC(=O)c3ccc([N+](=O)[O-])cc3NC(=O)OC(c3ccncc3)C3CCNCC3)cc21.